The van der Waals surface area contributed by atoms with Crippen molar-refractivity contribution in [1.82, 2.24) is 20.4 Å². The van der Waals surface area contributed by atoms with Gasteiger partial charge in [-0.15, -0.1) is 24.0 Å². The average molecular weight is 540 g/mol. The van der Waals surface area contributed by atoms with E-state index < -0.39 is 5.60 Å². The summed E-state index contributed by atoms with van der Waals surface area (Å²) in [5.41, 5.74) is 1.77. The topological polar surface area (TPSA) is 74.5 Å². The highest BCUT2D eigenvalue weighted by Crippen LogP contribution is 2.19. The third kappa shape index (κ3) is 6.72. The van der Waals surface area contributed by atoms with Crippen LogP contribution in [0.1, 0.15) is 25.0 Å². The first-order valence-electron chi connectivity index (χ1n) is 9.57. The highest BCUT2D eigenvalue weighted by atomic mass is 127. The number of hydrogen-bond donors (Lipinski definition) is 3. The predicted molar refractivity (Wildman–Crippen MR) is 133 cm³/mol. The van der Waals surface area contributed by atoms with Crippen LogP contribution in [0.5, 0.6) is 0 Å². The molecule has 0 amide bonds. The van der Waals surface area contributed by atoms with Crippen molar-refractivity contribution in [2.24, 2.45) is 4.99 Å². The van der Waals surface area contributed by atoms with Crippen molar-refractivity contribution < 1.29 is 5.11 Å². The lowest BCUT2D eigenvalue weighted by atomic mass is 9.96. The summed E-state index contributed by atoms with van der Waals surface area (Å²) in [6, 6.07) is 17.1. The van der Waals surface area contributed by atoms with Crippen LogP contribution in [0.15, 0.2) is 72.0 Å². The summed E-state index contributed by atoms with van der Waals surface area (Å²) >= 11 is 5.94. The Balaban J connectivity index is 0.00000320. The molecule has 0 aliphatic rings. The van der Waals surface area contributed by atoms with Crippen LogP contribution in [0, 0.1) is 0 Å². The molecule has 160 valence electrons. The second kappa shape index (κ2) is 11.3. The first kappa shape index (κ1) is 24.2. The molecular weight excluding hydrogens is 513 g/mol. The number of halogens is 2. The Morgan fingerprint density at radius 3 is 2.50 bits per heavy atom. The second-order valence-corrected chi connectivity index (χ2v) is 7.39. The number of guanidine groups is 1. The molecule has 3 rings (SSSR count). The molecule has 8 heteroatoms. The number of aliphatic hydroxyl groups is 1. The third-order valence-corrected chi connectivity index (χ3v) is 4.74. The van der Waals surface area contributed by atoms with E-state index in [1.807, 2.05) is 67.7 Å². The SMILES string of the molecule is CCNC(=NCc1cnn(-c2ccc(Cl)cc2)c1)NCC(C)(O)c1ccccc1.I. The van der Waals surface area contributed by atoms with E-state index in [-0.39, 0.29) is 24.0 Å². The van der Waals surface area contributed by atoms with Gasteiger partial charge in [0.15, 0.2) is 5.96 Å². The zero-order valence-electron chi connectivity index (χ0n) is 17.0. The lowest BCUT2D eigenvalue weighted by molar-refractivity contribution is 0.0617. The molecule has 3 aromatic rings. The normalized spacial score (nSPS) is 13.3. The first-order chi connectivity index (χ1) is 14.0. The first-order valence-corrected chi connectivity index (χ1v) is 9.95. The summed E-state index contributed by atoms with van der Waals surface area (Å²) in [7, 11) is 0. The molecule has 0 spiro atoms. The molecule has 0 saturated carbocycles. The van der Waals surface area contributed by atoms with E-state index in [1.54, 1.807) is 17.8 Å². The molecule has 0 radical (unpaired) electrons. The maximum absolute atomic E-state index is 10.8. The van der Waals surface area contributed by atoms with Gasteiger partial charge in [-0.3, -0.25) is 0 Å². The van der Waals surface area contributed by atoms with Gasteiger partial charge in [0.2, 0.25) is 0 Å². The minimum Gasteiger partial charge on any atom is -0.384 e. The molecule has 0 aliphatic heterocycles. The Kier molecular flexibility index (Phi) is 9.13. The smallest absolute Gasteiger partial charge is 0.191 e. The van der Waals surface area contributed by atoms with E-state index in [0.29, 0.717) is 24.1 Å². The Morgan fingerprint density at radius 1 is 1.13 bits per heavy atom. The minimum absolute atomic E-state index is 0. The Bertz CT molecular complexity index is 942. The van der Waals surface area contributed by atoms with Crippen LogP contribution in [0.3, 0.4) is 0 Å². The van der Waals surface area contributed by atoms with Crippen LogP contribution >= 0.6 is 35.6 Å². The second-order valence-electron chi connectivity index (χ2n) is 6.96. The minimum atomic E-state index is -1.00. The average Bonchev–Trinajstić information content (AvgIpc) is 3.20. The van der Waals surface area contributed by atoms with Crippen LogP contribution < -0.4 is 10.6 Å². The van der Waals surface area contributed by atoms with Crippen molar-refractivity contribution in [1.29, 1.82) is 0 Å². The molecule has 0 bridgehead atoms. The summed E-state index contributed by atoms with van der Waals surface area (Å²) in [6.45, 7) is 5.33. The van der Waals surface area contributed by atoms with Crippen molar-refractivity contribution in [3.05, 3.63) is 83.1 Å². The lowest BCUT2D eigenvalue weighted by Crippen LogP contribution is -2.44. The standard InChI is InChI=1S/C22H26ClN5O.HI/c1-3-24-21(26-16-22(2,29)18-7-5-4-6-8-18)25-13-17-14-27-28(15-17)20-11-9-19(23)10-12-20;/h4-12,14-15,29H,3,13,16H2,1-2H3,(H2,24,25,26);1H. The molecule has 0 aliphatic carbocycles. The molecule has 0 saturated heterocycles. The van der Waals surface area contributed by atoms with E-state index in [0.717, 1.165) is 23.4 Å². The van der Waals surface area contributed by atoms with Crippen LogP contribution in [0.4, 0.5) is 0 Å². The highest BCUT2D eigenvalue weighted by molar-refractivity contribution is 14.0. The largest absolute Gasteiger partial charge is 0.384 e. The quantitative estimate of drug-likeness (QED) is 0.240. The molecule has 3 N–H and O–H groups in total. The van der Waals surface area contributed by atoms with Crippen molar-refractivity contribution in [2.45, 2.75) is 26.0 Å². The number of nitrogens with zero attached hydrogens (tertiary/aromatic N) is 3. The van der Waals surface area contributed by atoms with Gasteiger partial charge in [0, 0.05) is 23.3 Å². The molecule has 30 heavy (non-hydrogen) atoms. The molecular formula is C22H27ClIN5O. The van der Waals surface area contributed by atoms with Gasteiger partial charge in [0.05, 0.1) is 25.0 Å². The maximum Gasteiger partial charge on any atom is 0.191 e. The van der Waals surface area contributed by atoms with Crippen molar-refractivity contribution in [3.63, 3.8) is 0 Å². The number of rotatable bonds is 7. The summed E-state index contributed by atoms with van der Waals surface area (Å²) in [5, 5.41) is 22.3. The van der Waals surface area contributed by atoms with E-state index >= 15 is 0 Å². The molecule has 1 aromatic heterocycles. The van der Waals surface area contributed by atoms with Crippen LogP contribution in [0.25, 0.3) is 5.69 Å². The predicted octanol–water partition coefficient (Wildman–Crippen LogP) is 4.11. The van der Waals surface area contributed by atoms with Gasteiger partial charge < -0.3 is 15.7 Å². The Morgan fingerprint density at radius 2 is 1.83 bits per heavy atom. The van der Waals surface area contributed by atoms with Crippen LogP contribution in [0.2, 0.25) is 5.02 Å². The number of aromatic nitrogens is 2. The summed E-state index contributed by atoms with van der Waals surface area (Å²) in [6.07, 6.45) is 3.73. The molecule has 1 heterocycles. The molecule has 6 nitrogen and oxygen atoms in total. The van der Waals surface area contributed by atoms with Gasteiger partial charge in [0.1, 0.15) is 5.60 Å². The summed E-state index contributed by atoms with van der Waals surface area (Å²) < 4.78 is 1.79. The fourth-order valence-corrected chi connectivity index (χ4v) is 2.97. The lowest BCUT2D eigenvalue weighted by Gasteiger charge is -2.25. The molecule has 2 aromatic carbocycles. The number of hydrogen-bond acceptors (Lipinski definition) is 3. The number of benzene rings is 2. The Labute approximate surface area is 199 Å². The van der Waals surface area contributed by atoms with E-state index in [9.17, 15) is 5.11 Å². The maximum atomic E-state index is 10.8. The summed E-state index contributed by atoms with van der Waals surface area (Å²) in [4.78, 5) is 4.61. The number of aliphatic imine (C=N–C) groups is 1. The van der Waals surface area contributed by atoms with Gasteiger partial charge in [-0.05, 0) is 43.7 Å². The zero-order valence-corrected chi connectivity index (χ0v) is 20.1. The van der Waals surface area contributed by atoms with Crippen LogP contribution in [-0.4, -0.2) is 33.9 Å². The van der Waals surface area contributed by atoms with Gasteiger partial charge in [-0.2, -0.15) is 5.10 Å². The van der Waals surface area contributed by atoms with Gasteiger partial charge in [-0.1, -0.05) is 41.9 Å². The monoisotopic (exact) mass is 539 g/mol. The van der Waals surface area contributed by atoms with Gasteiger partial charge in [-0.25, -0.2) is 9.67 Å². The zero-order chi connectivity index (χ0) is 20.7. The van der Waals surface area contributed by atoms with Crippen molar-refractivity contribution in [2.75, 3.05) is 13.1 Å². The summed E-state index contributed by atoms with van der Waals surface area (Å²) in [5.74, 6) is 0.642. The number of nitrogens with one attached hydrogen (secondary N) is 2. The fraction of sp³-hybridized carbons (Fsp3) is 0.273. The van der Waals surface area contributed by atoms with Crippen molar-refractivity contribution in [3.8, 4) is 5.69 Å². The van der Waals surface area contributed by atoms with Crippen molar-refractivity contribution >= 4 is 41.5 Å². The fourth-order valence-electron chi connectivity index (χ4n) is 2.84. The van der Waals surface area contributed by atoms with Crippen LogP contribution in [-0.2, 0) is 12.1 Å². The van der Waals surface area contributed by atoms with E-state index in [2.05, 4.69) is 20.7 Å². The molecule has 0 fully saturated rings. The third-order valence-electron chi connectivity index (χ3n) is 4.49. The van der Waals surface area contributed by atoms with Gasteiger partial charge in [0.25, 0.3) is 0 Å². The van der Waals surface area contributed by atoms with E-state index in [4.69, 9.17) is 11.6 Å². The van der Waals surface area contributed by atoms with Gasteiger partial charge >= 0.3 is 0 Å². The highest BCUT2D eigenvalue weighted by Gasteiger charge is 2.22. The Hall–Kier alpha value is -2.10. The molecule has 1 unspecified atom stereocenters. The van der Waals surface area contributed by atoms with E-state index in [1.165, 1.54) is 0 Å². The molecule has 1 atom stereocenters.